The molecule has 134 valence electrons. The summed E-state index contributed by atoms with van der Waals surface area (Å²) in [6.45, 7) is 1.74. The first-order valence-electron chi connectivity index (χ1n) is 9.90. The Morgan fingerprint density at radius 2 is 1.72 bits per heavy atom. The quantitative estimate of drug-likeness (QED) is 0.719. The van der Waals surface area contributed by atoms with Crippen LogP contribution in [0.5, 0.6) is 0 Å². The van der Waals surface area contributed by atoms with Gasteiger partial charge in [-0.25, -0.2) is 0 Å². The zero-order valence-corrected chi connectivity index (χ0v) is 16.4. The Hall–Kier alpha value is -0.610. The van der Waals surface area contributed by atoms with Crippen LogP contribution in [0.15, 0.2) is 24.3 Å². The summed E-state index contributed by atoms with van der Waals surface area (Å²) in [5, 5.41) is 0. The van der Waals surface area contributed by atoms with Crippen LogP contribution in [0.1, 0.15) is 43.2 Å². The molecule has 2 atom stereocenters. The van der Waals surface area contributed by atoms with E-state index in [2.05, 4.69) is 52.7 Å². The van der Waals surface area contributed by atoms with Crippen LogP contribution in [-0.4, -0.2) is 32.9 Å². The van der Waals surface area contributed by atoms with Crippen LogP contribution in [-0.2, 0) is 17.8 Å². The van der Waals surface area contributed by atoms with Crippen molar-refractivity contribution < 1.29 is 4.79 Å². The summed E-state index contributed by atoms with van der Waals surface area (Å²) >= 11 is 4.47. The van der Waals surface area contributed by atoms with Crippen LogP contribution >= 0.6 is 23.5 Å². The van der Waals surface area contributed by atoms with Gasteiger partial charge in [0.1, 0.15) is 0 Å². The van der Waals surface area contributed by atoms with E-state index in [1.807, 2.05) is 0 Å². The second-order valence-electron chi connectivity index (χ2n) is 8.19. The van der Waals surface area contributed by atoms with Gasteiger partial charge in [-0.2, -0.15) is 0 Å². The van der Waals surface area contributed by atoms with Gasteiger partial charge in [-0.15, -0.1) is 23.5 Å². The highest BCUT2D eigenvalue weighted by atomic mass is 32.2. The fourth-order valence-electron chi connectivity index (χ4n) is 5.75. The summed E-state index contributed by atoms with van der Waals surface area (Å²) < 4.78 is 0.476. The standard InChI is InChI=1S/C21H27NOS2/c23-20(22-9-8-15-4-1-2-5-16(15)14-22)17-12-18-6-3-7-19(13-17)21(18)24-10-11-25-21/h1-2,4-5,17-19H,3,6-14H2. The predicted octanol–water partition coefficient (Wildman–Crippen LogP) is 4.57. The highest BCUT2D eigenvalue weighted by Crippen LogP contribution is 2.64. The van der Waals surface area contributed by atoms with Gasteiger partial charge >= 0.3 is 0 Å². The minimum atomic E-state index is 0.285. The molecule has 25 heavy (non-hydrogen) atoms. The number of amides is 1. The molecule has 0 radical (unpaired) electrons. The van der Waals surface area contributed by atoms with Crippen LogP contribution in [0, 0.1) is 17.8 Å². The summed E-state index contributed by atoms with van der Waals surface area (Å²) in [5.74, 6) is 4.91. The number of carbonyl (C=O) groups excluding carboxylic acids is 1. The number of nitrogens with zero attached hydrogens (tertiary/aromatic N) is 1. The molecule has 2 aliphatic heterocycles. The van der Waals surface area contributed by atoms with E-state index in [9.17, 15) is 4.79 Å². The molecule has 0 N–H and O–H groups in total. The first-order valence-corrected chi connectivity index (χ1v) is 11.9. The van der Waals surface area contributed by atoms with E-state index < -0.39 is 0 Å². The topological polar surface area (TPSA) is 20.3 Å². The van der Waals surface area contributed by atoms with E-state index in [-0.39, 0.29) is 5.92 Å². The van der Waals surface area contributed by atoms with E-state index in [0.29, 0.717) is 9.99 Å². The van der Waals surface area contributed by atoms with E-state index >= 15 is 0 Å². The molecule has 1 amide bonds. The van der Waals surface area contributed by atoms with Crippen molar-refractivity contribution in [3.63, 3.8) is 0 Å². The second-order valence-corrected chi connectivity index (χ2v) is 11.2. The molecule has 0 aromatic heterocycles. The smallest absolute Gasteiger partial charge is 0.226 e. The number of hydrogen-bond donors (Lipinski definition) is 0. The van der Waals surface area contributed by atoms with Crippen molar-refractivity contribution in [2.24, 2.45) is 17.8 Å². The van der Waals surface area contributed by atoms with Crippen molar-refractivity contribution >= 4 is 29.4 Å². The van der Waals surface area contributed by atoms with Gasteiger partial charge in [0, 0.05) is 30.5 Å². The van der Waals surface area contributed by atoms with Crippen LogP contribution in [0.3, 0.4) is 0 Å². The lowest BCUT2D eigenvalue weighted by Crippen LogP contribution is -2.50. The van der Waals surface area contributed by atoms with Gasteiger partial charge in [0.05, 0.1) is 4.08 Å². The van der Waals surface area contributed by atoms with Crippen molar-refractivity contribution in [3.05, 3.63) is 35.4 Å². The molecule has 3 fully saturated rings. The number of hydrogen-bond acceptors (Lipinski definition) is 3. The SMILES string of the molecule is O=C(C1CC2CCCC(C1)C21SCCS1)N1CCc2ccccc2C1. The van der Waals surface area contributed by atoms with Gasteiger partial charge in [0.2, 0.25) is 5.91 Å². The summed E-state index contributed by atoms with van der Waals surface area (Å²) in [4.78, 5) is 15.5. The zero-order chi connectivity index (χ0) is 16.9. The van der Waals surface area contributed by atoms with E-state index in [0.717, 1.165) is 44.2 Å². The molecule has 1 aromatic carbocycles. The lowest BCUT2D eigenvalue weighted by molar-refractivity contribution is -0.139. The number of benzene rings is 1. The fraction of sp³-hybridized carbons (Fsp3) is 0.667. The number of rotatable bonds is 1. The average molecular weight is 374 g/mol. The Balaban J connectivity index is 1.32. The lowest BCUT2D eigenvalue weighted by Gasteiger charge is -2.52. The minimum Gasteiger partial charge on any atom is -0.338 e. The Labute approximate surface area is 159 Å². The van der Waals surface area contributed by atoms with Gasteiger partial charge in [-0.3, -0.25) is 4.79 Å². The van der Waals surface area contributed by atoms with Crippen molar-refractivity contribution in [2.75, 3.05) is 18.1 Å². The molecule has 4 aliphatic rings. The fourth-order valence-corrected chi connectivity index (χ4v) is 9.69. The molecular formula is C21H27NOS2. The summed E-state index contributed by atoms with van der Waals surface area (Å²) in [5.41, 5.74) is 2.79. The molecule has 4 heteroatoms. The molecule has 2 heterocycles. The maximum Gasteiger partial charge on any atom is 0.226 e. The maximum atomic E-state index is 13.3. The molecule has 1 saturated heterocycles. The van der Waals surface area contributed by atoms with Gasteiger partial charge in [-0.05, 0) is 55.1 Å². The van der Waals surface area contributed by atoms with Crippen molar-refractivity contribution in [2.45, 2.75) is 49.1 Å². The molecular weight excluding hydrogens is 346 g/mol. The first kappa shape index (κ1) is 16.6. The number of fused-ring (bicyclic) bond motifs is 1. The Bertz CT molecular complexity index is 654. The highest BCUT2D eigenvalue weighted by Gasteiger charge is 2.55. The molecule has 1 aromatic rings. The largest absolute Gasteiger partial charge is 0.338 e. The first-order chi connectivity index (χ1) is 12.3. The van der Waals surface area contributed by atoms with Crippen molar-refractivity contribution in [1.29, 1.82) is 0 Å². The van der Waals surface area contributed by atoms with E-state index in [1.165, 1.54) is 41.9 Å². The zero-order valence-electron chi connectivity index (χ0n) is 14.8. The van der Waals surface area contributed by atoms with Gasteiger partial charge in [-0.1, -0.05) is 30.7 Å². The minimum absolute atomic E-state index is 0.285. The molecule has 1 spiro atoms. The summed E-state index contributed by atoms with van der Waals surface area (Å²) in [6, 6.07) is 8.65. The maximum absolute atomic E-state index is 13.3. The van der Waals surface area contributed by atoms with Gasteiger partial charge in [0.15, 0.2) is 0 Å². The summed E-state index contributed by atoms with van der Waals surface area (Å²) in [6.07, 6.45) is 7.40. The van der Waals surface area contributed by atoms with Crippen LogP contribution < -0.4 is 0 Å². The molecule has 2 saturated carbocycles. The van der Waals surface area contributed by atoms with Crippen molar-refractivity contribution in [3.8, 4) is 0 Å². The third-order valence-electron chi connectivity index (χ3n) is 6.91. The Morgan fingerprint density at radius 3 is 2.44 bits per heavy atom. The monoisotopic (exact) mass is 373 g/mol. The normalized spacial score (nSPS) is 33.3. The van der Waals surface area contributed by atoms with Gasteiger partial charge < -0.3 is 4.90 Å². The highest BCUT2D eigenvalue weighted by molar-refractivity contribution is 8.21. The van der Waals surface area contributed by atoms with E-state index in [1.54, 1.807) is 0 Å². The Morgan fingerprint density at radius 1 is 1.04 bits per heavy atom. The summed E-state index contributed by atoms with van der Waals surface area (Å²) in [7, 11) is 0. The predicted molar refractivity (Wildman–Crippen MR) is 107 cm³/mol. The van der Waals surface area contributed by atoms with E-state index in [4.69, 9.17) is 0 Å². The number of thioether (sulfide) groups is 2. The van der Waals surface area contributed by atoms with Crippen LogP contribution in [0.2, 0.25) is 0 Å². The van der Waals surface area contributed by atoms with Crippen LogP contribution in [0.25, 0.3) is 0 Å². The molecule has 5 rings (SSSR count). The molecule has 2 unspecified atom stereocenters. The molecule has 2 aliphatic carbocycles. The van der Waals surface area contributed by atoms with Crippen LogP contribution in [0.4, 0.5) is 0 Å². The molecule has 2 bridgehead atoms. The lowest BCUT2D eigenvalue weighted by atomic mass is 9.66. The third-order valence-corrected chi connectivity index (χ3v) is 10.9. The number of carbonyl (C=O) groups is 1. The van der Waals surface area contributed by atoms with Gasteiger partial charge in [0.25, 0.3) is 0 Å². The molecule has 2 nitrogen and oxygen atoms in total. The second kappa shape index (κ2) is 6.53. The third kappa shape index (κ3) is 2.75. The van der Waals surface area contributed by atoms with Crippen molar-refractivity contribution in [1.82, 2.24) is 4.90 Å². The Kier molecular flexibility index (Phi) is 4.32. The average Bonchev–Trinajstić information content (AvgIpc) is 3.10.